The van der Waals surface area contributed by atoms with Gasteiger partial charge in [-0.05, 0) is 31.6 Å². The van der Waals surface area contributed by atoms with Crippen molar-refractivity contribution in [2.24, 2.45) is 0 Å². The number of fused-ring (bicyclic) bond motifs is 1. The summed E-state index contributed by atoms with van der Waals surface area (Å²) >= 11 is 0. The number of carbonyl (C=O) groups excluding carboxylic acids is 1. The van der Waals surface area contributed by atoms with E-state index in [1.54, 1.807) is 6.08 Å². The number of benzene rings is 1. The molecule has 24 heavy (non-hydrogen) atoms. The van der Waals surface area contributed by atoms with Gasteiger partial charge in [0.1, 0.15) is 0 Å². The first-order valence-electron chi connectivity index (χ1n) is 7.82. The third-order valence-corrected chi connectivity index (χ3v) is 3.65. The quantitative estimate of drug-likeness (QED) is 0.637. The van der Waals surface area contributed by atoms with E-state index >= 15 is 0 Å². The largest absolute Gasteiger partial charge is 0.380 e. The Hall–Kier alpha value is -3.06. The minimum absolute atomic E-state index is 0.0181. The van der Waals surface area contributed by atoms with Crippen molar-refractivity contribution in [2.75, 3.05) is 10.6 Å². The number of nitriles is 1. The third kappa shape index (κ3) is 4.47. The van der Waals surface area contributed by atoms with Crippen molar-refractivity contribution in [3.8, 4) is 6.07 Å². The first-order chi connectivity index (χ1) is 11.5. The summed E-state index contributed by atoms with van der Waals surface area (Å²) in [5.74, 6) is 0.0181. The smallest absolute Gasteiger partial charge is 0.226 e. The molecule has 1 aliphatic rings. The van der Waals surface area contributed by atoms with Crippen LogP contribution in [-0.2, 0) is 4.79 Å². The molecular weight excluding hydrogens is 298 g/mol. The summed E-state index contributed by atoms with van der Waals surface area (Å²) in [7, 11) is 0. The van der Waals surface area contributed by atoms with Gasteiger partial charge in [-0.2, -0.15) is 5.26 Å². The molecule has 0 aliphatic carbocycles. The van der Waals surface area contributed by atoms with E-state index in [9.17, 15) is 4.79 Å². The average Bonchev–Trinajstić information content (AvgIpc) is 2.70. The number of para-hydroxylation sites is 1. The summed E-state index contributed by atoms with van der Waals surface area (Å²) in [5.41, 5.74) is 4.26. The number of amides is 1. The van der Waals surface area contributed by atoms with Crippen LogP contribution in [0.1, 0.15) is 25.8 Å². The molecule has 4 heteroatoms. The lowest BCUT2D eigenvalue weighted by atomic mass is 10.1. The SMILES string of the molecule is C=C\C(C#N)=C/C=C(C)/C=C/c1cccc2c1N[C@H](C)CC(=O)N2. The highest BCUT2D eigenvalue weighted by molar-refractivity contribution is 5.98. The number of hydrogen-bond acceptors (Lipinski definition) is 3. The molecule has 2 N–H and O–H groups in total. The van der Waals surface area contributed by atoms with Gasteiger partial charge in [-0.3, -0.25) is 4.79 Å². The molecule has 122 valence electrons. The van der Waals surface area contributed by atoms with E-state index in [0.717, 1.165) is 22.5 Å². The van der Waals surface area contributed by atoms with Gasteiger partial charge in [0, 0.05) is 12.5 Å². The first kappa shape index (κ1) is 17.3. The van der Waals surface area contributed by atoms with Crippen molar-refractivity contribution in [3.05, 3.63) is 65.8 Å². The number of carbonyl (C=O) groups is 1. The van der Waals surface area contributed by atoms with Crippen molar-refractivity contribution >= 4 is 23.4 Å². The van der Waals surface area contributed by atoms with Crippen molar-refractivity contribution in [2.45, 2.75) is 26.3 Å². The fraction of sp³-hybridized carbons (Fsp3) is 0.200. The summed E-state index contributed by atoms with van der Waals surface area (Å²) in [6.45, 7) is 7.55. The van der Waals surface area contributed by atoms with E-state index in [1.165, 1.54) is 6.08 Å². The first-order valence-corrected chi connectivity index (χ1v) is 7.82. The molecule has 1 amide bonds. The molecule has 1 atom stereocenters. The normalized spacial score (nSPS) is 18.2. The Labute approximate surface area is 142 Å². The second-order valence-corrected chi connectivity index (χ2v) is 5.75. The number of allylic oxidation sites excluding steroid dienone is 6. The zero-order valence-corrected chi connectivity index (χ0v) is 14.0. The van der Waals surface area contributed by atoms with Gasteiger partial charge >= 0.3 is 0 Å². The van der Waals surface area contributed by atoms with Crippen LogP contribution in [0.5, 0.6) is 0 Å². The third-order valence-electron chi connectivity index (χ3n) is 3.65. The molecule has 1 aromatic rings. The average molecular weight is 319 g/mol. The molecule has 2 rings (SSSR count). The van der Waals surface area contributed by atoms with E-state index in [4.69, 9.17) is 5.26 Å². The minimum Gasteiger partial charge on any atom is -0.380 e. The molecule has 0 radical (unpaired) electrons. The Morgan fingerprint density at radius 2 is 2.21 bits per heavy atom. The summed E-state index contributed by atoms with van der Waals surface area (Å²) in [5, 5.41) is 15.2. The van der Waals surface area contributed by atoms with Crippen LogP contribution < -0.4 is 10.6 Å². The Kier molecular flexibility index (Phi) is 5.75. The van der Waals surface area contributed by atoms with Gasteiger partial charge < -0.3 is 10.6 Å². The fourth-order valence-corrected chi connectivity index (χ4v) is 2.40. The van der Waals surface area contributed by atoms with Crippen LogP contribution in [-0.4, -0.2) is 11.9 Å². The lowest BCUT2D eigenvalue weighted by Gasteiger charge is -2.14. The van der Waals surface area contributed by atoms with Crippen LogP contribution >= 0.6 is 0 Å². The predicted molar refractivity (Wildman–Crippen MR) is 99.5 cm³/mol. The van der Waals surface area contributed by atoms with Crippen LogP contribution in [0.15, 0.2) is 60.2 Å². The Morgan fingerprint density at radius 1 is 1.42 bits per heavy atom. The number of nitrogens with zero attached hydrogens (tertiary/aromatic N) is 1. The van der Waals surface area contributed by atoms with Gasteiger partial charge in [0.15, 0.2) is 0 Å². The molecular formula is C20H21N3O. The molecule has 0 unspecified atom stereocenters. The molecule has 0 aromatic heterocycles. The Balaban J connectivity index is 2.28. The number of anilines is 2. The van der Waals surface area contributed by atoms with E-state index < -0.39 is 0 Å². The summed E-state index contributed by atoms with van der Waals surface area (Å²) in [6, 6.07) is 7.95. The second kappa shape index (κ2) is 7.98. The van der Waals surface area contributed by atoms with Crippen molar-refractivity contribution in [1.82, 2.24) is 0 Å². The van der Waals surface area contributed by atoms with E-state index in [2.05, 4.69) is 23.3 Å². The highest BCUT2D eigenvalue weighted by Gasteiger charge is 2.18. The second-order valence-electron chi connectivity index (χ2n) is 5.75. The van der Waals surface area contributed by atoms with Crippen LogP contribution in [0.2, 0.25) is 0 Å². The van der Waals surface area contributed by atoms with E-state index in [-0.39, 0.29) is 11.9 Å². The zero-order chi connectivity index (χ0) is 17.5. The van der Waals surface area contributed by atoms with Crippen molar-refractivity contribution in [3.63, 3.8) is 0 Å². The van der Waals surface area contributed by atoms with Crippen molar-refractivity contribution < 1.29 is 4.79 Å². The molecule has 0 saturated heterocycles. The summed E-state index contributed by atoms with van der Waals surface area (Å²) in [4.78, 5) is 11.8. The van der Waals surface area contributed by atoms with Gasteiger partial charge in [-0.25, -0.2) is 0 Å². The van der Waals surface area contributed by atoms with E-state index in [1.807, 2.05) is 50.3 Å². The number of nitrogens with one attached hydrogen (secondary N) is 2. The van der Waals surface area contributed by atoms with Crippen LogP contribution in [0.3, 0.4) is 0 Å². The van der Waals surface area contributed by atoms with Crippen molar-refractivity contribution in [1.29, 1.82) is 5.26 Å². The fourth-order valence-electron chi connectivity index (χ4n) is 2.40. The zero-order valence-electron chi connectivity index (χ0n) is 14.0. The molecule has 1 heterocycles. The number of rotatable bonds is 4. The Bertz CT molecular complexity index is 779. The van der Waals surface area contributed by atoms with Crippen LogP contribution in [0.25, 0.3) is 6.08 Å². The summed E-state index contributed by atoms with van der Waals surface area (Å²) < 4.78 is 0. The number of hydrogen-bond donors (Lipinski definition) is 2. The molecule has 1 aliphatic heterocycles. The van der Waals surface area contributed by atoms with Gasteiger partial charge in [-0.15, -0.1) is 0 Å². The predicted octanol–water partition coefficient (Wildman–Crippen LogP) is 4.42. The lowest BCUT2D eigenvalue weighted by molar-refractivity contribution is -0.116. The Morgan fingerprint density at radius 3 is 2.92 bits per heavy atom. The monoisotopic (exact) mass is 319 g/mol. The molecule has 0 saturated carbocycles. The molecule has 0 fully saturated rings. The maximum atomic E-state index is 11.8. The highest BCUT2D eigenvalue weighted by atomic mass is 16.1. The molecule has 1 aromatic carbocycles. The maximum Gasteiger partial charge on any atom is 0.226 e. The molecule has 4 nitrogen and oxygen atoms in total. The highest BCUT2D eigenvalue weighted by Crippen LogP contribution is 2.31. The lowest BCUT2D eigenvalue weighted by Crippen LogP contribution is -2.19. The standard InChI is InChI=1S/C20H21N3O/c1-4-16(13-21)10-8-14(2)9-11-17-6-5-7-18-20(17)22-15(3)12-19(24)23-18/h4-11,15,22H,1,12H2,2-3H3,(H,23,24)/b11-9+,14-8+,16-10+/t15-/m1/s1. The van der Waals surface area contributed by atoms with Gasteiger partial charge in [0.25, 0.3) is 0 Å². The van der Waals surface area contributed by atoms with Crippen LogP contribution in [0, 0.1) is 11.3 Å². The van der Waals surface area contributed by atoms with Gasteiger partial charge in [-0.1, -0.05) is 48.6 Å². The van der Waals surface area contributed by atoms with Crippen LogP contribution in [0.4, 0.5) is 11.4 Å². The molecule has 0 spiro atoms. The summed E-state index contributed by atoms with van der Waals surface area (Å²) in [6.07, 6.45) is 9.55. The molecule has 0 bridgehead atoms. The minimum atomic E-state index is 0.0181. The topological polar surface area (TPSA) is 64.9 Å². The van der Waals surface area contributed by atoms with E-state index in [0.29, 0.717) is 12.0 Å². The van der Waals surface area contributed by atoms with Gasteiger partial charge in [0.05, 0.1) is 23.0 Å². The van der Waals surface area contributed by atoms with Gasteiger partial charge in [0.2, 0.25) is 5.91 Å². The maximum absolute atomic E-state index is 11.8.